The number of benzene rings is 6. The molecule has 4 aromatic heterocycles. The zero-order chi connectivity index (χ0) is 60.7. The van der Waals surface area contributed by atoms with E-state index in [4.69, 9.17) is 0 Å². The van der Waals surface area contributed by atoms with Gasteiger partial charge in [-0.25, -0.2) is 0 Å². The number of fused-ring (bicyclic) bond motifs is 18. The van der Waals surface area contributed by atoms with Crippen LogP contribution in [-0.4, -0.2) is 78.4 Å². The van der Waals surface area contributed by atoms with Crippen LogP contribution in [0.3, 0.4) is 0 Å². The van der Waals surface area contributed by atoms with Gasteiger partial charge in [0, 0.05) is 183 Å². The van der Waals surface area contributed by atoms with Crippen LogP contribution in [0, 0.1) is 71.7 Å². The van der Waals surface area contributed by atoms with E-state index >= 15 is 0 Å². The van der Waals surface area contributed by atoms with Crippen molar-refractivity contribution >= 4 is 90.4 Å². The van der Waals surface area contributed by atoms with Gasteiger partial charge in [-0.3, -0.25) is 20.4 Å². The van der Waals surface area contributed by atoms with E-state index in [1.54, 1.807) is 12.4 Å². The number of aryl methyl sites for hydroxylation is 3. The molecule has 16 nitrogen and oxygen atoms in total. The van der Waals surface area contributed by atoms with Gasteiger partial charge in [-0.1, -0.05) is 65.6 Å². The van der Waals surface area contributed by atoms with Gasteiger partial charge in [0.15, 0.2) is 0 Å². The first kappa shape index (κ1) is 74.5. The molecule has 0 amide bonds. The van der Waals surface area contributed by atoms with Gasteiger partial charge in [-0.05, 0) is 133 Å². The van der Waals surface area contributed by atoms with Gasteiger partial charge in [0.2, 0.25) is 0 Å². The van der Waals surface area contributed by atoms with Crippen molar-refractivity contribution in [1.29, 1.82) is 0 Å². The minimum absolute atomic E-state index is 0. The number of hydrogen-bond acceptors (Lipinski definition) is 14. The summed E-state index contributed by atoms with van der Waals surface area (Å²) in [6.45, 7) is 20.9. The van der Waals surface area contributed by atoms with Crippen molar-refractivity contribution in [2.75, 3.05) is 47.8 Å². The van der Waals surface area contributed by atoms with Gasteiger partial charge in [0.05, 0.1) is 11.0 Å². The average molecular weight is 2300 g/mol. The Morgan fingerprint density at radius 3 is 1.66 bits per heavy atom. The standard InChI is InChI=1S/3C13H12N2.C12H10N2.C11H9N4.C10H7N4.6Ir/c1-10-7-11-8-14(2)9-15(11)13-6-4-3-5-12(10)13;1-10-7-11-5-3-4-6-12(11)15-9-14(2)8-13(10)15;1-10-12-8-7-11-5-3-4-6-13(11)15(12)9-14(10)2;1-13-8-11-7-6-10-4-2-3-5-12(10)14(11)9-13;1-6-7(2)9-11(14-15-13-9)10-8(6)4-3-5-12-10;1-6-5-8-10(13-14-12-8)9-7(6)3-2-4-11-9;;;;;;/h3*3-5,7-9H,1-2H3;2-4,6-9H,1H3;3-5H,1-2H3;2-5H,1H3;;;;;;/q4*-2;2*-1;;;;;;. The zero-order valence-electron chi connectivity index (χ0n) is 52.6. The van der Waals surface area contributed by atoms with Gasteiger partial charge in [-0.15, -0.1) is 40.5 Å². The molecule has 0 aliphatic carbocycles. The molecule has 0 atom stereocenters. The molecule has 94 heavy (non-hydrogen) atoms. The monoisotopic (exact) mass is 2310 g/mol. The zero-order valence-corrected chi connectivity index (χ0v) is 67.0. The Balaban J connectivity index is 0.000000158. The van der Waals surface area contributed by atoms with E-state index in [0.29, 0.717) is 0 Å². The molecule has 12 heterocycles. The number of nitrogens with zero attached hydrogens (tertiary/aromatic N) is 16. The third kappa shape index (κ3) is 14.9. The molecule has 0 fully saturated rings. The van der Waals surface area contributed by atoms with Crippen LogP contribution in [0.25, 0.3) is 67.7 Å². The quantitative estimate of drug-likeness (QED) is 0.133. The molecule has 0 bridgehead atoms. The van der Waals surface area contributed by atoms with Crippen LogP contribution in [0.1, 0.15) is 59.7 Å². The van der Waals surface area contributed by atoms with Crippen molar-refractivity contribution in [3.05, 3.63) is 276 Å². The van der Waals surface area contributed by atoms with E-state index in [9.17, 15) is 0 Å². The smallest absolute Gasteiger partial charge is 0.0752 e. The van der Waals surface area contributed by atoms with Gasteiger partial charge >= 0.3 is 0 Å². The van der Waals surface area contributed by atoms with Crippen molar-refractivity contribution in [3.8, 4) is 0 Å². The molecule has 494 valence electrons. The fourth-order valence-corrected chi connectivity index (χ4v) is 11.6. The fourth-order valence-electron chi connectivity index (χ4n) is 11.6. The number of allylic oxidation sites excluding steroid dienone is 6. The second-order valence-electron chi connectivity index (χ2n) is 22.2. The van der Waals surface area contributed by atoms with Crippen LogP contribution in [0.15, 0.2) is 186 Å². The molecule has 8 aliphatic rings. The Labute approximate surface area is 630 Å². The Morgan fingerprint density at radius 1 is 0.447 bits per heavy atom. The van der Waals surface area contributed by atoms with E-state index in [1.807, 2.05) is 108 Å². The molecule has 0 saturated carbocycles. The van der Waals surface area contributed by atoms with Crippen molar-refractivity contribution in [3.63, 3.8) is 0 Å². The van der Waals surface area contributed by atoms with Crippen LogP contribution in [0.4, 0.5) is 22.7 Å². The summed E-state index contributed by atoms with van der Waals surface area (Å²) in [7, 11) is 8.18. The molecular formula is C72H62Ir6N16-10. The molecule has 22 heteroatoms. The number of para-hydroxylation sites is 4. The third-order valence-electron chi connectivity index (χ3n) is 16.2. The topological polar surface area (TPSA) is 131 Å². The molecule has 8 aliphatic heterocycles. The number of hydrogen-bond donors (Lipinski definition) is 0. The molecule has 0 spiro atoms. The van der Waals surface area contributed by atoms with Gasteiger partial charge < -0.3 is 59.6 Å². The Kier molecular flexibility index (Phi) is 25.6. The first-order valence-corrected chi connectivity index (χ1v) is 28.9. The van der Waals surface area contributed by atoms with Gasteiger partial charge in [0.1, 0.15) is 0 Å². The normalized spacial score (nSPS) is 14.9. The predicted molar refractivity (Wildman–Crippen MR) is 352 cm³/mol. The summed E-state index contributed by atoms with van der Waals surface area (Å²) in [6.07, 6.45) is 22.8. The van der Waals surface area contributed by atoms with E-state index < -0.39 is 0 Å². The molecule has 0 N–H and O–H groups in total. The first-order chi connectivity index (χ1) is 42.8. The minimum Gasteiger partial charge on any atom is -0.510 e. The first-order valence-electron chi connectivity index (χ1n) is 28.9. The summed E-state index contributed by atoms with van der Waals surface area (Å²) in [5.41, 5.74) is 26.8. The van der Waals surface area contributed by atoms with Crippen molar-refractivity contribution in [1.82, 2.24) is 60.4 Å². The molecule has 6 aromatic carbocycles. The van der Waals surface area contributed by atoms with Crippen molar-refractivity contribution in [2.24, 2.45) is 0 Å². The Bertz CT molecular complexity index is 4640. The molecule has 18 rings (SSSR count). The molecule has 0 saturated heterocycles. The number of anilines is 4. The van der Waals surface area contributed by atoms with Gasteiger partial charge in [0.25, 0.3) is 0 Å². The number of pyridine rings is 2. The summed E-state index contributed by atoms with van der Waals surface area (Å²) in [5.74, 6) is 0. The van der Waals surface area contributed by atoms with E-state index in [1.165, 1.54) is 67.4 Å². The summed E-state index contributed by atoms with van der Waals surface area (Å²) < 4.78 is 0. The predicted octanol–water partition coefficient (Wildman–Crippen LogP) is 13.3. The van der Waals surface area contributed by atoms with Crippen LogP contribution in [0.2, 0.25) is 0 Å². The van der Waals surface area contributed by atoms with E-state index in [0.717, 1.165) is 77.7 Å². The SMILES string of the molecule is CC1=C2C=Cc3ccc[c-]c3N2[CH-]N1C.CC1=CC2=CN(C)[CH-]N2c2[c-]cccc21.CC1=Cc2ccc[c-]c2N2[CH-]N(C)C=C12.CN1C=C2C=Cc3ccc[c-]c3N2[CH-]1.Cc1c(C)c2nn[n-]c2c2ncccc12.Cc1cc2nn[n-]c2c2ncccc12.[Ir].[Ir].[Ir].[Ir].[Ir].[Ir]. The van der Waals surface area contributed by atoms with E-state index in [2.05, 4.69) is 251 Å². The third-order valence-corrected chi connectivity index (χ3v) is 16.2. The van der Waals surface area contributed by atoms with Crippen LogP contribution in [0.5, 0.6) is 0 Å². The Hall–Kier alpha value is -6.84. The second kappa shape index (κ2) is 32.3. The Morgan fingerprint density at radius 2 is 0.979 bits per heavy atom. The number of aromatic nitrogens is 8. The van der Waals surface area contributed by atoms with Crippen LogP contribution in [-0.2, 0) is 121 Å². The average Bonchev–Trinajstić information content (AvgIpc) is 1.54. The second-order valence-corrected chi connectivity index (χ2v) is 22.2. The molecule has 6 radical (unpaired) electrons. The van der Waals surface area contributed by atoms with Crippen molar-refractivity contribution in [2.45, 2.75) is 41.5 Å². The van der Waals surface area contributed by atoms with Gasteiger partial charge in [-0.2, -0.15) is 124 Å². The van der Waals surface area contributed by atoms with E-state index in [-0.39, 0.29) is 121 Å². The molecular weight excluding hydrogens is 2240 g/mol. The molecule has 0 unspecified atom stereocenters. The molecule has 10 aromatic rings. The largest absolute Gasteiger partial charge is 0.510 e. The van der Waals surface area contributed by atoms with Crippen LogP contribution >= 0.6 is 0 Å². The van der Waals surface area contributed by atoms with Crippen LogP contribution < -0.4 is 29.8 Å². The summed E-state index contributed by atoms with van der Waals surface area (Å²) >= 11 is 0. The van der Waals surface area contributed by atoms with Crippen molar-refractivity contribution < 1.29 is 121 Å². The summed E-state index contributed by atoms with van der Waals surface area (Å²) in [4.78, 5) is 25.7. The minimum atomic E-state index is 0. The fraction of sp³-hybridized carbons (Fsp3) is 0.139. The maximum absolute atomic E-state index is 4.34. The maximum Gasteiger partial charge on any atom is 0.0752 e. The number of rotatable bonds is 0. The summed E-state index contributed by atoms with van der Waals surface area (Å²) in [5, 5.41) is 25.6. The maximum atomic E-state index is 4.34. The summed E-state index contributed by atoms with van der Waals surface area (Å²) in [6, 6.07) is 47.4.